The lowest BCUT2D eigenvalue weighted by Crippen LogP contribution is -1.22. The van der Waals surface area contributed by atoms with Crippen LogP contribution in [0.2, 0.25) is 0 Å². The molecule has 2 nitrogen and oxygen atoms in total. The third-order valence-electron chi connectivity index (χ3n) is 0.0609. The first kappa shape index (κ1) is 3.34. The topological polar surface area (TPSA) is 29.4 Å². The van der Waals surface area contributed by atoms with Gasteiger partial charge >= 0.3 is 0 Å². The van der Waals surface area contributed by atoms with Crippen LogP contribution in [0, 0.1) is 11.5 Å². The minimum atomic E-state index is 0.694. The van der Waals surface area contributed by atoms with E-state index >= 15 is 0 Å². The Morgan fingerprint density at radius 2 is 2.25 bits per heavy atom. The number of nitroso groups, excluding NO2 is 1. The molecule has 0 unspecified atom stereocenters. The second-order valence-corrected chi connectivity index (χ2v) is 0.254. The summed E-state index contributed by atoms with van der Waals surface area (Å²) >= 11 is 0. The molecule has 1 radical (unpaired) electrons. The molecule has 0 aromatic carbocycles. The van der Waals surface area contributed by atoms with Crippen molar-refractivity contribution >= 4 is 0 Å². The molecule has 0 spiro atoms. The lowest BCUT2D eigenvalue weighted by molar-refractivity contribution is 1.55. The molecule has 0 aliphatic heterocycles. The fourth-order valence-corrected chi connectivity index (χ4v) is 0. The summed E-state index contributed by atoms with van der Waals surface area (Å²) in [7, 11) is 0. The zero-order valence-electron chi connectivity index (χ0n) is 2.01. The minimum Gasteiger partial charge on any atom is -0.145 e. The average Bonchev–Trinajstić information content (AvgIpc) is 1.37. The molecule has 0 fully saturated rings. The van der Waals surface area contributed by atoms with Crippen LogP contribution in [-0.4, -0.2) is 0 Å². The number of hydrogen-bond acceptors (Lipinski definition) is 2. The molecule has 2 heteroatoms. The Morgan fingerprint density at radius 3 is 2.25 bits per heavy atom. The minimum absolute atomic E-state index is 0.694. The van der Waals surface area contributed by atoms with Crippen LogP contribution in [0.4, 0.5) is 0 Å². The van der Waals surface area contributed by atoms with E-state index in [1.807, 2.05) is 0 Å². The summed E-state index contributed by atoms with van der Waals surface area (Å²) in [5.41, 5.74) is 0. The normalized spacial score (nSPS) is 5.00. The first-order valence-corrected chi connectivity index (χ1v) is 0.774. The van der Waals surface area contributed by atoms with E-state index in [-0.39, 0.29) is 0 Å². The fraction of sp³-hybridized carbons (Fsp3) is 0. The van der Waals surface area contributed by atoms with Crippen molar-refractivity contribution in [3.63, 3.8) is 0 Å². The van der Waals surface area contributed by atoms with Crippen molar-refractivity contribution in [2.75, 3.05) is 0 Å². The van der Waals surface area contributed by atoms with E-state index in [9.17, 15) is 0 Å². The van der Waals surface area contributed by atoms with Crippen molar-refractivity contribution in [2.24, 2.45) is 5.18 Å². The fourth-order valence-electron chi connectivity index (χ4n) is 0. The zero-order chi connectivity index (χ0) is 3.41. The van der Waals surface area contributed by atoms with Crippen LogP contribution in [0.25, 0.3) is 0 Å². The van der Waals surface area contributed by atoms with Crippen molar-refractivity contribution in [1.82, 2.24) is 0 Å². The van der Waals surface area contributed by atoms with E-state index in [2.05, 4.69) is 11.8 Å². The van der Waals surface area contributed by atoms with E-state index in [4.69, 9.17) is 4.91 Å². The Labute approximate surface area is 24.1 Å². The molecule has 0 aliphatic carbocycles. The largest absolute Gasteiger partial charge is 0.145 e. The van der Waals surface area contributed by atoms with Gasteiger partial charge in [0.15, 0.2) is 0 Å². The maximum atomic E-state index is 8.74. The van der Waals surface area contributed by atoms with Crippen LogP contribution >= 0.6 is 0 Å². The van der Waals surface area contributed by atoms with Gasteiger partial charge in [-0.25, -0.2) is 0 Å². The predicted octanol–water partition coefficient (Wildman–Crippen LogP) is 0.699. The van der Waals surface area contributed by atoms with Crippen molar-refractivity contribution < 1.29 is 0 Å². The number of hydrogen-bond donors (Lipinski definition) is 0. The lowest BCUT2D eigenvalue weighted by Gasteiger charge is -1.38. The van der Waals surface area contributed by atoms with Gasteiger partial charge in [-0.15, -0.1) is 4.91 Å². The van der Waals surface area contributed by atoms with Gasteiger partial charge in [0.05, 0.1) is 6.20 Å². The molecular formula is C2H2NO. The molecule has 0 aromatic rings. The zero-order valence-corrected chi connectivity index (χ0v) is 2.01. The van der Waals surface area contributed by atoms with Crippen LogP contribution in [0.1, 0.15) is 0 Å². The van der Waals surface area contributed by atoms with Gasteiger partial charge in [0.25, 0.3) is 0 Å². The van der Waals surface area contributed by atoms with Crippen molar-refractivity contribution in [3.05, 3.63) is 17.7 Å². The molecular weight excluding hydrogens is 54.0 g/mol. The highest BCUT2D eigenvalue weighted by molar-refractivity contribution is 4.51. The van der Waals surface area contributed by atoms with Crippen LogP contribution < -0.4 is 0 Å². The quantitative estimate of drug-likeness (QED) is 0.406. The Morgan fingerprint density at radius 1 is 2.00 bits per heavy atom. The van der Waals surface area contributed by atoms with Gasteiger partial charge in [0.2, 0.25) is 0 Å². The van der Waals surface area contributed by atoms with Crippen LogP contribution in [0.15, 0.2) is 11.4 Å². The SMILES string of the molecule is [CH]=CN=O. The molecule has 21 valence electrons. The van der Waals surface area contributed by atoms with Gasteiger partial charge in [-0.05, 0) is 11.8 Å². The third-order valence-corrected chi connectivity index (χ3v) is 0.0609. The monoisotopic (exact) mass is 56.0 g/mol. The van der Waals surface area contributed by atoms with E-state index in [0.29, 0.717) is 6.20 Å². The van der Waals surface area contributed by atoms with Crippen molar-refractivity contribution in [2.45, 2.75) is 0 Å². The van der Waals surface area contributed by atoms with Crippen molar-refractivity contribution in [3.8, 4) is 0 Å². The van der Waals surface area contributed by atoms with Crippen LogP contribution in [0.3, 0.4) is 0 Å². The third kappa shape index (κ3) is 1.34. The van der Waals surface area contributed by atoms with Gasteiger partial charge < -0.3 is 0 Å². The van der Waals surface area contributed by atoms with Gasteiger partial charge in [-0.1, -0.05) is 0 Å². The Balaban J connectivity index is 2.73. The van der Waals surface area contributed by atoms with Gasteiger partial charge in [0, 0.05) is 0 Å². The average molecular weight is 56.0 g/mol. The summed E-state index contributed by atoms with van der Waals surface area (Å²) in [5.74, 6) is 0. The van der Waals surface area contributed by atoms with Gasteiger partial charge in [-0.3, -0.25) is 0 Å². The molecule has 0 bridgehead atoms. The summed E-state index contributed by atoms with van der Waals surface area (Å²) in [6, 6.07) is 0. The maximum absolute atomic E-state index is 8.74. The highest BCUT2D eigenvalue weighted by Gasteiger charge is 1.36. The summed E-state index contributed by atoms with van der Waals surface area (Å²) in [6.45, 7) is 4.42. The molecule has 0 amide bonds. The second-order valence-electron chi connectivity index (χ2n) is 0.254. The standard InChI is InChI=1S/C2H2NO/c1-2-3-4/h1-2H. The molecule has 0 heterocycles. The van der Waals surface area contributed by atoms with E-state index in [1.54, 1.807) is 0 Å². The molecule has 0 saturated carbocycles. The molecule has 0 saturated heterocycles. The lowest BCUT2D eigenvalue weighted by atomic mass is 11.1. The number of nitrogens with zero attached hydrogens (tertiary/aromatic N) is 1. The molecule has 0 aliphatic rings. The summed E-state index contributed by atoms with van der Waals surface area (Å²) in [4.78, 5) is 8.74. The highest BCUT2D eigenvalue weighted by atomic mass is 16.2. The Kier molecular flexibility index (Phi) is 1.95. The summed E-state index contributed by atoms with van der Waals surface area (Å²) < 4.78 is 0. The molecule has 0 N–H and O–H groups in total. The Bertz CT molecular complexity index is 27.0. The number of rotatable bonds is 1. The predicted molar refractivity (Wildman–Crippen MR) is 14.7 cm³/mol. The summed E-state index contributed by atoms with van der Waals surface area (Å²) in [6.07, 6.45) is 0.694. The van der Waals surface area contributed by atoms with E-state index in [1.165, 1.54) is 0 Å². The molecule has 0 atom stereocenters. The maximum Gasteiger partial charge on any atom is 0.0715 e. The second kappa shape index (κ2) is 2.34. The van der Waals surface area contributed by atoms with Crippen LogP contribution in [-0.2, 0) is 0 Å². The highest BCUT2D eigenvalue weighted by Crippen LogP contribution is 1.51. The van der Waals surface area contributed by atoms with Gasteiger partial charge in [-0.2, -0.15) is 0 Å². The smallest absolute Gasteiger partial charge is 0.0715 e. The van der Waals surface area contributed by atoms with E-state index in [0.717, 1.165) is 0 Å². The summed E-state index contributed by atoms with van der Waals surface area (Å²) in [5, 5.41) is 2.14. The van der Waals surface area contributed by atoms with Crippen LogP contribution in [0.5, 0.6) is 0 Å². The molecule has 0 rings (SSSR count). The molecule has 0 aromatic heterocycles. The first-order valence-electron chi connectivity index (χ1n) is 0.774. The van der Waals surface area contributed by atoms with Gasteiger partial charge in [0.1, 0.15) is 0 Å². The molecule has 4 heavy (non-hydrogen) atoms. The van der Waals surface area contributed by atoms with Crippen molar-refractivity contribution in [1.29, 1.82) is 0 Å². The first-order chi connectivity index (χ1) is 1.91. The Hall–Kier alpha value is -0.660. The van der Waals surface area contributed by atoms with E-state index < -0.39 is 0 Å².